The Hall–Kier alpha value is -1.56. The second-order valence-corrected chi connectivity index (χ2v) is 13.0. The molecule has 0 aromatic heterocycles. The lowest BCUT2D eigenvalue weighted by Gasteiger charge is -2.23. The average Bonchev–Trinajstić information content (AvgIpc) is 2.95. The van der Waals surface area contributed by atoms with Crippen molar-refractivity contribution < 1.29 is 0 Å². The third-order valence-corrected chi connectivity index (χ3v) is 8.86. The first-order valence-electron chi connectivity index (χ1n) is 17.5. The van der Waals surface area contributed by atoms with Crippen molar-refractivity contribution in [1.29, 1.82) is 0 Å². The summed E-state index contributed by atoms with van der Waals surface area (Å²) in [6.07, 6.45) is 18.2. The molecule has 0 fully saturated rings. The first-order chi connectivity index (χ1) is 19.3. The minimum absolute atomic E-state index is 0.782. The van der Waals surface area contributed by atoms with E-state index in [1.165, 1.54) is 89.9 Å². The zero-order valence-electron chi connectivity index (χ0n) is 28.7. The second kappa shape index (κ2) is 21.2. The minimum atomic E-state index is 0.782. The molecule has 0 N–H and O–H groups in total. The molecule has 0 aliphatic carbocycles. The van der Waals surface area contributed by atoms with E-state index in [0.29, 0.717) is 0 Å². The molecular weight excluding hydrogens is 480 g/mol. The van der Waals surface area contributed by atoms with Crippen LogP contribution in [0.15, 0.2) is 36.4 Å². The van der Waals surface area contributed by atoms with Crippen molar-refractivity contribution in [3.8, 4) is 0 Å². The Morgan fingerprint density at radius 2 is 0.725 bits per heavy atom. The molecule has 0 aliphatic heterocycles. The van der Waals surface area contributed by atoms with Gasteiger partial charge >= 0.3 is 0 Å². The number of hydrogen-bond acceptors (Lipinski definition) is 0. The Balaban J connectivity index is 0.000000400. The summed E-state index contributed by atoms with van der Waals surface area (Å²) in [6, 6.07) is 13.9. The summed E-state index contributed by atoms with van der Waals surface area (Å²) in [5, 5.41) is 0. The van der Waals surface area contributed by atoms with Crippen LogP contribution in [0, 0.1) is 11.8 Å². The van der Waals surface area contributed by atoms with Gasteiger partial charge in [0.05, 0.1) is 0 Å². The maximum Gasteiger partial charge on any atom is -0.0157 e. The molecule has 0 heterocycles. The van der Waals surface area contributed by atoms with E-state index < -0.39 is 0 Å². The van der Waals surface area contributed by atoms with Crippen LogP contribution in [0.4, 0.5) is 0 Å². The lowest BCUT2D eigenvalue weighted by Crippen LogP contribution is -2.07. The topological polar surface area (TPSA) is 0 Å². The number of aryl methyl sites for hydroxylation is 4. The summed E-state index contributed by atoms with van der Waals surface area (Å²) in [5.41, 5.74) is 9.76. The highest BCUT2D eigenvalue weighted by Crippen LogP contribution is 2.35. The quantitative estimate of drug-likeness (QED) is 0.174. The predicted molar refractivity (Wildman–Crippen MR) is 183 cm³/mol. The van der Waals surface area contributed by atoms with Crippen LogP contribution >= 0.6 is 0 Å². The molecule has 0 saturated heterocycles. The van der Waals surface area contributed by atoms with E-state index in [-0.39, 0.29) is 0 Å². The van der Waals surface area contributed by atoms with Crippen LogP contribution in [0.5, 0.6) is 0 Å². The van der Waals surface area contributed by atoms with Crippen LogP contribution in [0.25, 0.3) is 0 Å². The van der Waals surface area contributed by atoms with E-state index in [0.717, 1.165) is 23.7 Å². The Morgan fingerprint density at radius 3 is 0.950 bits per heavy atom. The van der Waals surface area contributed by atoms with Gasteiger partial charge in [-0.15, -0.1) is 0 Å². The highest BCUT2D eigenvalue weighted by Gasteiger charge is 2.18. The van der Waals surface area contributed by atoms with Crippen molar-refractivity contribution in [3.63, 3.8) is 0 Å². The Kier molecular flexibility index (Phi) is 19.3. The number of rotatable bonds is 18. The van der Waals surface area contributed by atoms with E-state index in [4.69, 9.17) is 0 Å². The first-order valence-corrected chi connectivity index (χ1v) is 17.5. The molecule has 0 bridgehead atoms. The van der Waals surface area contributed by atoms with E-state index in [9.17, 15) is 0 Å². The SMILES string of the molecule is CCCC(CCCC(C)C)c1c(CC)cccc1CC.CCCC(CCCC(C)C)c1c(CC)cccc1CC. The van der Waals surface area contributed by atoms with Crippen molar-refractivity contribution in [2.45, 2.75) is 171 Å². The Labute approximate surface area is 252 Å². The Morgan fingerprint density at radius 1 is 0.425 bits per heavy atom. The van der Waals surface area contributed by atoms with Gasteiger partial charge in [0.25, 0.3) is 0 Å². The molecule has 2 aromatic rings. The maximum atomic E-state index is 2.35. The predicted octanol–water partition coefficient (Wildman–Crippen LogP) is 13.0. The lowest BCUT2D eigenvalue weighted by molar-refractivity contribution is 0.479. The fourth-order valence-corrected chi connectivity index (χ4v) is 6.72. The molecule has 2 unspecified atom stereocenters. The van der Waals surface area contributed by atoms with E-state index >= 15 is 0 Å². The zero-order valence-corrected chi connectivity index (χ0v) is 28.7. The van der Waals surface area contributed by atoms with Crippen LogP contribution in [-0.2, 0) is 25.7 Å². The average molecular weight is 549 g/mol. The van der Waals surface area contributed by atoms with Crippen LogP contribution in [-0.4, -0.2) is 0 Å². The van der Waals surface area contributed by atoms with Crippen LogP contribution in [0.3, 0.4) is 0 Å². The molecule has 0 aliphatic rings. The van der Waals surface area contributed by atoms with E-state index in [1.54, 1.807) is 33.4 Å². The highest BCUT2D eigenvalue weighted by atomic mass is 14.2. The normalized spacial score (nSPS) is 12.9. The third-order valence-electron chi connectivity index (χ3n) is 8.86. The van der Waals surface area contributed by atoms with Crippen molar-refractivity contribution in [2.75, 3.05) is 0 Å². The van der Waals surface area contributed by atoms with Gasteiger partial charge in [-0.2, -0.15) is 0 Å². The molecule has 0 spiro atoms. The van der Waals surface area contributed by atoms with Crippen LogP contribution in [0.2, 0.25) is 0 Å². The molecule has 0 heteroatoms. The Bertz CT molecular complexity index is 782. The van der Waals surface area contributed by atoms with Gasteiger partial charge in [0, 0.05) is 0 Å². The summed E-state index contributed by atoms with van der Waals surface area (Å²) >= 11 is 0. The number of hydrogen-bond donors (Lipinski definition) is 0. The van der Waals surface area contributed by atoms with Crippen LogP contribution < -0.4 is 0 Å². The highest BCUT2D eigenvalue weighted by molar-refractivity contribution is 5.39. The second-order valence-electron chi connectivity index (χ2n) is 13.0. The van der Waals surface area contributed by atoms with E-state index in [1.807, 2.05) is 0 Å². The molecular formula is C40H68. The van der Waals surface area contributed by atoms with Gasteiger partial charge < -0.3 is 0 Å². The van der Waals surface area contributed by atoms with Crippen molar-refractivity contribution in [2.24, 2.45) is 11.8 Å². The molecule has 0 saturated carbocycles. The minimum Gasteiger partial charge on any atom is -0.0654 e. The maximum absolute atomic E-state index is 2.35. The van der Waals surface area contributed by atoms with Gasteiger partial charge in [-0.25, -0.2) is 0 Å². The van der Waals surface area contributed by atoms with E-state index in [2.05, 4.69) is 106 Å². The first kappa shape index (κ1) is 36.5. The molecule has 228 valence electrons. The summed E-state index contributed by atoms with van der Waals surface area (Å²) in [6.45, 7) is 23.2. The van der Waals surface area contributed by atoms with Gasteiger partial charge in [-0.05, 0) is 108 Å². The largest absolute Gasteiger partial charge is 0.0654 e. The summed E-state index contributed by atoms with van der Waals surface area (Å²) < 4.78 is 0. The van der Waals surface area contributed by atoms with Gasteiger partial charge in [0.15, 0.2) is 0 Å². The lowest BCUT2D eigenvalue weighted by atomic mass is 9.82. The van der Waals surface area contributed by atoms with Crippen molar-refractivity contribution >= 4 is 0 Å². The van der Waals surface area contributed by atoms with Gasteiger partial charge in [0.1, 0.15) is 0 Å². The van der Waals surface area contributed by atoms with Crippen LogP contribution in [0.1, 0.15) is 179 Å². The molecule has 0 radical (unpaired) electrons. The standard InChI is InChI=1S/2C20H34/c2*1-6-11-19(15-9-12-16(4)5)20-17(7-2)13-10-14-18(20)8-3/h2*10,13-14,16,19H,6-9,11-12,15H2,1-5H3. The molecule has 0 nitrogen and oxygen atoms in total. The number of benzene rings is 2. The molecule has 2 atom stereocenters. The third kappa shape index (κ3) is 12.5. The zero-order chi connectivity index (χ0) is 29.9. The fraction of sp³-hybridized carbons (Fsp3) is 0.700. The smallest absolute Gasteiger partial charge is 0.0157 e. The summed E-state index contributed by atoms with van der Waals surface area (Å²) in [4.78, 5) is 0. The van der Waals surface area contributed by atoms with Gasteiger partial charge in [0.2, 0.25) is 0 Å². The summed E-state index contributed by atoms with van der Waals surface area (Å²) in [7, 11) is 0. The van der Waals surface area contributed by atoms with Crippen molar-refractivity contribution in [1.82, 2.24) is 0 Å². The molecule has 2 rings (SSSR count). The van der Waals surface area contributed by atoms with Gasteiger partial charge in [-0.1, -0.05) is 144 Å². The van der Waals surface area contributed by atoms with Gasteiger partial charge in [-0.3, -0.25) is 0 Å². The molecule has 2 aromatic carbocycles. The fourth-order valence-electron chi connectivity index (χ4n) is 6.72. The molecule has 0 amide bonds. The molecule has 40 heavy (non-hydrogen) atoms. The van der Waals surface area contributed by atoms with Crippen molar-refractivity contribution in [3.05, 3.63) is 69.8 Å². The monoisotopic (exact) mass is 549 g/mol. The summed E-state index contributed by atoms with van der Waals surface area (Å²) in [5.74, 6) is 3.24.